The van der Waals surface area contributed by atoms with E-state index < -0.39 is 0 Å². The lowest BCUT2D eigenvalue weighted by atomic mass is 10.2. The van der Waals surface area contributed by atoms with E-state index in [0.29, 0.717) is 12.4 Å². The first-order valence-corrected chi connectivity index (χ1v) is 6.14. The standard InChI is InChI=1S/C12H17N7/c1-3-18(7-9(2)6-13)12-11-15-4-5-19(11)8-10(16-12)17-14/h4-5,8-9,17H,3,7,14H2,1-2H3. The fourth-order valence-electron chi connectivity index (χ4n) is 1.93. The number of anilines is 2. The Bertz CT molecular complexity index is 598. The first kappa shape index (κ1) is 13.1. The molecule has 0 spiro atoms. The summed E-state index contributed by atoms with van der Waals surface area (Å²) in [5.74, 6) is 6.64. The van der Waals surface area contributed by atoms with Crippen molar-refractivity contribution in [3.05, 3.63) is 18.6 Å². The van der Waals surface area contributed by atoms with Crippen LogP contribution >= 0.6 is 0 Å². The van der Waals surface area contributed by atoms with Crippen LogP contribution in [0.3, 0.4) is 0 Å². The third-order valence-electron chi connectivity index (χ3n) is 2.90. The van der Waals surface area contributed by atoms with Gasteiger partial charge in [0.2, 0.25) is 0 Å². The predicted molar refractivity (Wildman–Crippen MR) is 73.5 cm³/mol. The zero-order valence-corrected chi connectivity index (χ0v) is 11.0. The van der Waals surface area contributed by atoms with E-state index in [-0.39, 0.29) is 5.92 Å². The number of nitrogens with two attached hydrogens (primary N) is 1. The lowest BCUT2D eigenvalue weighted by Gasteiger charge is -2.23. The summed E-state index contributed by atoms with van der Waals surface area (Å²) in [6.45, 7) is 5.26. The Morgan fingerprint density at radius 1 is 1.63 bits per heavy atom. The number of nitriles is 1. The second-order valence-electron chi connectivity index (χ2n) is 4.32. The molecule has 7 heteroatoms. The summed E-state index contributed by atoms with van der Waals surface area (Å²) in [5, 5.41) is 8.95. The molecule has 0 bridgehead atoms. The molecule has 0 radical (unpaired) electrons. The van der Waals surface area contributed by atoms with Crippen molar-refractivity contribution >= 4 is 17.3 Å². The van der Waals surface area contributed by atoms with Gasteiger partial charge in [0.05, 0.1) is 18.2 Å². The molecular weight excluding hydrogens is 242 g/mol. The molecule has 0 aliphatic rings. The summed E-state index contributed by atoms with van der Waals surface area (Å²) >= 11 is 0. The van der Waals surface area contributed by atoms with E-state index >= 15 is 0 Å². The van der Waals surface area contributed by atoms with Crippen molar-refractivity contribution in [1.82, 2.24) is 14.4 Å². The van der Waals surface area contributed by atoms with Gasteiger partial charge in [0, 0.05) is 25.5 Å². The first-order valence-electron chi connectivity index (χ1n) is 6.14. The molecule has 2 aromatic heterocycles. The molecule has 0 aliphatic carbocycles. The van der Waals surface area contributed by atoms with Crippen molar-refractivity contribution in [3.8, 4) is 6.07 Å². The Kier molecular flexibility index (Phi) is 3.82. The maximum atomic E-state index is 8.95. The van der Waals surface area contributed by atoms with Gasteiger partial charge in [0.25, 0.3) is 0 Å². The molecule has 3 N–H and O–H groups in total. The Hall–Kier alpha value is -2.33. The third-order valence-corrected chi connectivity index (χ3v) is 2.90. The summed E-state index contributed by atoms with van der Waals surface area (Å²) in [6.07, 6.45) is 5.32. The number of nitrogens with one attached hydrogen (secondary N) is 1. The van der Waals surface area contributed by atoms with E-state index in [4.69, 9.17) is 11.1 Å². The Balaban J connectivity index is 2.46. The average molecular weight is 259 g/mol. The van der Waals surface area contributed by atoms with Gasteiger partial charge < -0.3 is 14.7 Å². The Morgan fingerprint density at radius 2 is 2.42 bits per heavy atom. The van der Waals surface area contributed by atoms with Crippen LogP contribution in [0.25, 0.3) is 5.65 Å². The molecule has 0 aromatic carbocycles. The number of rotatable bonds is 5. The number of hydrazine groups is 1. The number of imidazole rings is 1. The fourth-order valence-corrected chi connectivity index (χ4v) is 1.93. The second-order valence-corrected chi connectivity index (χ2v) is 4.32. The first-order chi connectivity index (χ1) is 9.19. The van der Waals surface area contributed by atoms with Gasteiger partial charge in [-0.1, -0.05) is 0 Å². The molecule has 7 nitrogen and oxygen atoms in total. The van der Waals surface area contributed by atoms with E-state index in [1.54, 1.807) is 12.4 Å². The van der Waals surface area contributed by atoms with Gasteiger partial charge in [-0.2, -0.15) is 5.26 Å². The lowest BCUT2D eigenvalue weighted by molar-refractivity contribution is 0.680. The number of nitrogens with zero attached hydrogens (tertiary/aromatic N) is 5. The highest BCUT2D eigenvalue weighted by atomic mass is 15.3. The Labute approximate surface area is 111 Å². The molecule has 0 saturated heterocycles. The summed E-state index contributed by atoms with van der Waals surface area (Å²) < 4.78 is 1.86. The summed E-state index contributed by atoms with van der Waals surface area (Å²) in [4.78, 5) is 10.8. The van der Waals surface area contributed by atoms with Crippen molar-refractivity contribution in [2.45, 2.75) is 13.8 Å². The van der Waals surface area contributed by atoms with Gasteiger partial charge in [-0.05, 0) is 13.8 Å². The maximum absolute atomic E-state index is 8.95. The van der Waals surface area contributed by atoms with Crippen molar-refractivity contribution in [3.63, 3.8) is 0 Å². The average Bonchev–Trinajstić information content (AvgIpc) is 2.91. The van der Waals surface area contributed by atoms with E-state index in [1.165, 1.54) is 0 Å². The van der Waals surface area contributed by atoms with Gasteiger partial charge in [-0.25, -0.2) is 15.8 Å². The van der Waals surface area contributed by atoms with E-state index in [9.17, 15) is 0 Å². The molecule has 1 atom stereocenters. The van der Waals surface area contributed by atoms with Crippen molar-refractivity contribution in [2.24, 2.45) is 11.8 Å². The molecular formula is C12H17N7. The summed E-state index contributed by atoms with van der Waals surface area (Å²) in [6, 6.07) is 2.23. The zero-order chi connectivity index (χ0) is 13.8. The largest absolute Gasteiger partial charge is 0.352 e. The van der Waals surface area contributed by atoms with Crippen LogP contribution in [0.15, 0.2) is 18.6 Å². The lowest BCUT2D eigenvalue weighted by Crippen LogP contribution is -2.29. The van der Waals surface area contributed by atoms with Gasteiger partial charge >= 0.3 is 0 Å². The highest BCUT2D eigenvalue weighted by Crippen LogP contribution is 2.21. The molecule has 0 saturated carbocycles. The highest BCUT2D eigenvalue weighted by Gasteiger charge is 2.15. The van der Waals surface area contributed by atoms with E-state index in [2.05, 4.69) is 21.5 Å². The number of nitrogen functional groups attached to an aromatic ring is 1. The van der Waals surface area contributed by atoms with Gasteiger partial charge in [0.15, 0.2) is 17.3 Å². The summed E-state index contributed by atoms with van der Waals surface area (Å²) in [7, 11) is 0. The van der Waals surface area contributed by atoms with Gasteiger partial charge in [-0.3, -0.25) is 0 Å². The van der Waals surface area contributed by atoms with Gasteiger partial charge in [0.1, 0.15) is 0 Å². The number of aromatic nitrogens is 3. The molecule has 100 valence electrons. The summed E-state index contributed by atoms with van der Waals surface area (Å²) in [5.41, 5.74) is 3.30. The number of hydrogen-bond donors (Lipinski definition) is 2. The number of hydrogen-bond acceptors (Lipinski definition) is 6. The van der Waals surface area contributed by atoms with Crippen LogP contribution in [0, 0.1) is 17.2 Å². The number of fused-ring (bicyclic) bond motifs is 1. The molecule has 2 aromatic rings. The van der Waals surface area contributed by atoms with Crippen molar-refractivity contribution in [2.75, 3.05) is 23.4 Å². The SMILES string of the molecule is CCN(CC(C)C#N)c1nc(NN)cn2ccnc12. The third kappa shape index (κ3) is 2.58. The van der Waals surface area contributed by atoms with Crippen LogP contribution in [0.5, 0.6) is 0 Å². The van der Waals surface area contributed by atoms with Gasteiger partial charge in [-0.15, -0.1) is 0 Å². The minimum absolute atomic E-state index is 0.0775. The quantitative estimate of drug-likeness (QED) is 0.614. The van der Waals surface area contributed by atoms with Crippen LogP contribution < -0.4 is 16.2 Å². The smallest absolute Gasteiger partial charge is 0.180 e. The fraction of sp³-hybridized carbons (Fsp3) is 0.417. The van der Waals surface area contributed by atoms with Crippen LogP contribution in [0.4, 0.5) is 11.6 Å². The topological polar surface area (TPSA) is 95.3 Å². The zero-order valence-electron chi connectivity index (χ0n) is 11.0. The van der Waals surface area contributed by atoms with Crippen LogP contribution in [-0.2, 0) is 0 Å². The van der Waals surface area contributed by atoms with E-state index in [0.717, 1.165) is 18.0 Å². The minimum Gasteiger partial charge on any atom is -0.352 e. The molecule has 0 amide bonds. The van der Waals surface area contributed by atoms with E-state index in [1.807, 2.05) is 29.3 Å². The highest BCUT2D eigenvalue weighted by molar-refractivity contribution is 5.66. The Morgan fingerprint density at radius 3 is 3.05 bits per heavy atom. The monoisotopic (exact) mass is 259 g/mol. The molecule has 0 fully saturated rings. The predicted octanol–water partition coefficient (Wildman–Crippen LogP) is 1.00. The van der Waals surface area contributed by atoms with Crippen LogP contribution in [-0.4, -0.2) is 27.5 Å². The minimum atomic E-state index is -0.0775. The molecule has 0 aliphatic heterocycles. The normalized spacial score (nSPS) is 12.1. The van der Waals surface area contributed by atoms with Crippen molar-refractivity contribution < 1.29 is 0 Å². The molecule has 1 unspecified atom stereocenters. The molecule has 2 rings (SSSR count). The molecule has 19 heavy (non-hydrogen) atoms. The second kappa shape index (κ2) is 5.54. The maximum Gasteiger partial charge on any atom is 0.180 e. The molecule has 2 heterocycles. The van der Waals surface area contributed by atoms with Crippen LogP contribution in [0.2, 0.25) is 0 Å². The van der Waals surface area contributed by atoms with Crippen molar-refractivity contribution in [1.29, 1.82) is 5.26 Å². The van der Waals surface area contributed by atoms with Crippen LogP contribution in [0.1, 0.15) is 13.8 Å².